The number of fused-ring (bicyclic) bond motifs is 7. The Balaban J connectivity index is 0.864. The second-order valence-electron chi connectivity index (χ2n) is 35.8. The molecule has 0 fully saturated rings. The van der Waals surface area contributed by atoms with Crippen molar-refractivity contribution in [3.05, 3.63) is 509 Å². The van der Waals surface area contributed by atoms with Gasteiger partial charge in [0.2, 0.25) is 0 Å². The molecule has 20 aromatic carbocycles. The molecule has 6 heteroatoms. The monoisotopic (exact) mass is 1690 g/mol. The summed E-state index contributed by atoms with van der Waals surface area (Å²) < 4.78 is 2.50. The zero-order chi connectivity index (χ0) is 86.9. The Labute approximate surface area is 764 Å². The molecular formula is C124H92BN3Si2. The van der Waals surface area contributed by atoms with Crippen LogP contribution in [0.5, 0.6) is 0 Å². The van der Waals surface area contributed by atoms with E-state index >= 15 is 0 Å². The minimum absolute atomic E-state index is 0.282. The first-order valence-corrected chi connectivity index (χ1v) is 49.4. The summed E-state index contributed by atoms with van der Waals surface area (Å²) in [5, 5.41) is 12.8. The number of anilines is 6. The SMILES string of the molecule is CC(C)(C)c1cc2c3c(c1)N(c1ccc(-c4ccccc4)cc1-c1ccccc1)c1cc(-c4cc([Si](c5ccccc5)(c5ccccc5)c5cccc(-c6ccccc6)c5)cc([Si](c5ccccc5)(c5ccccc5)c5cccc(-c6ccccc6)c5)c4)ccc1B3c1ccc(-n3c4ccccc4c4ccccc43)cc1N2c1cc(-c2ccccc2)cc(-c2ccccc2)c1. The smallest absolute Gasteiger partial charge is 0.252 e. The standard InChI is InChI=1S/C124H92BN3Si2/c1-124(2,3)100-83-121-123-122(84-100)128(118-73-69-95(89-44-18-6-19-45-89)81-113(118)92-50-24-9-25-51-92)119-82-96(68-71-114(119)125(123)115-72-70-101(126-116-66-36-34-64-111(116)112-65-35-37-67-117(112)126)85-120(115)127(121)102-75-97(90-46-20-7-21-47-90)74-98(76-102)91-48-22-8-23-49-91)99-79-109(129(103-54-26-10-27-55-103,104-56-28-11-29-57-104)107-62-38-52-93(77-107)87-40-14-4-15-41-87)86-110(80-99)130(105-58-30-12-31-59-105,106-60-32-13-33-61-106)108-63-39-53-94(78-108)88-42-16-5-17-43-88/h4-86H,1-3H3. The van der Waals surface area contributed by atoms with E-state index in [4.69, 9.17) is 0 Å². The number of hydrogen-bond acceptors (Lipinski definition) is 2. The minimum Gasteiger partial charge on any atom is -0.311 e. The molecule has 0 saturated carbocycles. The fourth-order valence-corrected chi connectivity index (χ4v) is 31.1. The van der Waals surface area contributed by atoms with Crippen LogP contribution in [0.15, 0.2) is 504 Å². The molecule has 0 N–H and O–H groups in total. The summed E-state index contributed by atoms with van der Waals surface area (Å²) in [5.41, 5.74) is 30.7. The maximum Gasteiger partial charge on any atom is 0.252 e. The lowest BCUT2D eigenvalue weighted by atomic mass is 9.33. The van der Waals surface area contributed by atoms with Crippen molar-refractivity contribution in [2.24, 2.45) is 0 Å². The Morgan fingerprint density at radius 1 is 0.200 bits per heavy atom. The van der Waals surface area contributed by atoms with Crippen molar-refractivity contribution in [2.45, 2.75) is 26.2 Å². The number of rotatable bonds is 18. The fourth-order valence-electron chi connectivity index (χ4n) is 21.3. The Hall–Kier alpha value is -15.7. The van der Waals surface area contributed by atoms with E-state index in [2.05, 4.69) is 539 Å². The van der Waals surface area contributed by atoms with E-state index < -0.39 is 16.1 Å². The highest BCUT2D eigenvalue weighted by Crippen LogP contribution is 2.51. The summed E-state index contributed by atoms with van der Waals surface area (Å²) in [5.74, 6) is 0. The molecule has 23 rings (SSSR count). The van der Waals surface area contributed by atoms with Gasteiger partial charge in [-0.05, 0) is 214 Å². The lowest BCUT2D eigenvalue weighted by Gasteiger charge is -2.45. The molecule has 2 aliphatic heterocycles. The summed E-state index contributed by atoms with van der Waals surface area (Å²) in [6.07, 6.45) is 0. The molecule has 3 nitrogen and oxygen atoms in total. The van der Waals surface area contributed by atoms with E-state index in [1.807, 2.05) is 0 Å². The van der Waals surface area contributed by atoms with Crippen LogP contribution in [0.2, 0.25) is 0 Å². The topological polar surface area (TPSA) is 11.4 Å². The van der Waals surface area contributed by atoms with Gasteiger partial charge in [0.15, 0.2) is 16.1 Å². The third-order valence-electron chi connectivity index (χ3n) is 27.3. The quantitative estimate of drug-likeness (QED) is 0.0627. The van der Waals surface area contributed by atoms with Gasteiger partial charge >= 0.3 is 0 Å². The molecule has 614 valence electrons. The van der Waals surface area contributed by atoms with Crippen LogP contribution < -0.4 is 67.7 Å². The van der Waals surface area contributed by atoms with Gasteiger partial charge in [0.05, 0.1) is 16.7 Å². The predicted octanol–water partition coefficient (Wildman–Crippen LogP) is 24.6. The van der Waals surface area contributed by atoms with Crippen LogP contribution in [0.4, 0.5) is 34.1 Å². The van der Waals surface area contributed by atoms with E-state index in [0.717, 1.165) is 106 Å². The van der Waals surface area contributed by atoms with Crippen LogP contribution >= 0.6 is 0 Å². The van der Waals surface area contributed by atoms with Gasteiger partial charge in [-0.15, -0.1) is 0 Å². The molecule has 0 aliphatic carbocycles. The summed E-state index contributed by atoms with van der Waals surface area (Å²) in [7, 11) is -7.07. The number of para-hydroxylation sites is 2. The van der Waals surface area contributed by atoms with Gasteiger partial charge in [-0.3, -0.25) is 0 Å². The normalized spacial score (nSPS) is 12.4. The van der Waals surface area contributed by atoms with Crippen molar-refractivity contribution in [3.63, 3.8) is 0 Å². The molecule has 2 aliphatic rings. The Bertz CT molecular complexity index is 7420. The molecule has 21 aromatic rings. The van der Waals surface area contributed by atoms with Crippen molar-refractivity contribution in [3.8, 4) is 83.6 Å². The van der Waals surface area contributed by atoms with Crippen LogP contribution in [0.25, 0.3) is 105 Å². The molecule has 130 heavy (non-hydrogen) atoms. The molecule has 0 radical (unpaired) electrons. The largest absolute Gasteiger partial charge is 0.311 e. The summed E-state index contributed by atoms with van der Waals surface area (Å²) in [4.78, 5) is 5.37. The third-order valence-corrected chi connectivity index (χ3v) is 36.8. The molecule has 0 bridgehead atoms. The van der Waals surface area contributed by atoms with Crippen molar-refractivity contribution in [1.82, 2.24) is 4.57 Å². The predicted molar refractivity (Wildman–Crippen MR) is 559 cm³/mol. The second-order valence-corrected chi connectivity index (χ2v) is 43.4. The zero-order valence-corrected chi connectivity index (χ0v) is 74.8. The van der Waals surface area contributed by atoms with Gasteiger partial charge < -0.3 is 14.4 Å². The highest BCUT2D eigenvalue weighted by molar-refractivity contribution is 7.22. The van der Waals surface area contributed by atoms with Gasteiger partial charge in [-0.1, -0.05) is 451 Å². The van der Waals surface area contributed by atoms with Gasteiger partial charge in [-0.2, -0.15) is 0 Å². The molecule has 0 spiro atoms. The molecule has 0 atom stereocenters. The summed E-state index contributed by atoms with van der Waals surface area (Å²) >= 11 is 0. The van der Waals surface area contributed by atoms with Crippen molar-refractivity contribution in [2.75, 3.05) is 9.80 Å². The van der Waals surface area contributed by atoms with Crippen LogP contribution in [0.1, 0.15) is 26.3 Å². The molecular weight excluding hydrogens is 1600 g/mol. The summed E-state index contributed by atoms with van der Waals surface area (Å²) in [6, 6.07) is 192. The lowest BCUT2D eigenvalue weighted by molar-refractivity contribution is 0.590. The molecule has 1 aromatic heterocycles. The zero-order valence-electron chi connectivity index (χ0n) is 72.8. The highest BCUT2D eigenvalue weighted by atomic mass is 28.3. The Morgan fingerprint density at radius 3 is 0.969 bits per heavy atom. The Kier molecular flexibility index (Phi) is 20.0. The number of benzene rings is 20. The highest BCUT2D eigenvalue weighted by Gasteiger charge is 2.49. The number of aromatic nitrogens is 1. The maximum atomic E-state index is 2.72. The Morgan fingerprint density at radius 2 is 0.531 bits per heavy atom. The van der Waals surface area contributed by atoms with E-state index in [1.54, 1.807) is 0 Å². The average molecular weight is 1690 g/mol. The number of nitrogens with zero attached hydrogens (tertiary/aromatic N) is 3. The first kappa shape index (κ1) is 79.0. The van der Waals surface area contributed by atoms with Crippen LogP contribution in [-0.4, -0.2) is 27.4 Å². The van der Waals surface area contributed by atoms with Crippen LogP contribution in [0.3, 0.4) is 0 Å². The first-order chi connectivity index (χ1) is 64.1. The lowest BCUT2D eigenvalue weighted by Crippen LogP contribution is -2.78. The molecule has 0 amide bonds. The van der Waals surface area contributed by atoms with E-state index in [1.165, 1.54) is 96.5 Å². The van der Waals surface area contributed by atoms with E-state index in [0.29, 0.717) is 0 Å². The fraction of sp³-hybridized carbons (Fsp3) is 0.0323. The average Bonchev–Trinajstić information content (AvgIpc) is 0.861. The molecule has 3 heterocycles. The number of hydrogen-bond donors (Lipinski definition) is 0. The van der Waals surface area contributed by atoms with Crippen molar-refractivity contribution >= 4 is 137 Å². The second kappa shape index (κ2) is 32.9. The van der Waals surface area contributed by atoms with E-state index in [-0.39, 0.29) is 12.1 Å². The maximum absolute atomic E-state index is 3.54. The van der Waals surface area contributed by atoms with Gasteiger partial charge in [0.25, 0.3) is 6.71 Å². The molecule has 0 saturated heterocycles. The van der Waals surface area contributed by atoms with Gasteiger partial charge in [-0.25, -0.2) is 0 Å². The summed E-state index contributed by atoms with van der Waals surface area (Å²) in [6.45, 7) is 6.91. The third kappa shape index (κ3) is 13.6. The first-order valence-electron chi connectivity index (χ1n) is 45.4. The van der Waals surface area contributed by atoms with Gasteiger partial charge in [0.1, 0.15) is 0 Å². The van der Waals surface area contributed by atoms with E-state index in [9.17, 15) is 0 Å². The minimum atomic E-state index is -3.54. The van der Waals surface area contributed by atoms with Crippen molar-refractivity contribution in [1.29, 1.82) is 0 Å². The van der Waals surface area contributed by atoms with Crippen LogP contribution in [0, 0.1) is 0 Å². The van der Waals surface area contributed by atoms with Crippen LogP contribution in [-0.2, 0) is 5.41 Å². The van der Waals surface area contributed by atoms with Crippen molar-refractivity contribution < 1.29 is 0 Å². The van der Waals surface area contributed by atoms with Gasteiger partial charge in [0, 0.05) is 50.5 Å². The molecule has 0 unspecified atom stereocenters.